The van der Waals surface area contributed by atoms with Crippen molar-refractivity contribution in [3.05, 3.63) is 29.8 Å². The van der Waals surface area contributed by atoms with Crippen molar-refractivity contribution in [3.8, 4) is 5.75 Å². The van der Waals surface area contributed by atoms with Gasteiger partial charge in [-0.1, -0.05) is 19.1 Å². The van der Waals surface area contributed by atoms with Gasteiger partial charge in [0, 0.05) is 6.04 Å². The van der Waals surface area contributed by atoms with Gasteiger partial charge in [-0.2, -0.15) is 0 Å². The van der Waals surface area contributed by atoms with Crippen molar-refractivity contribution in [2.75, 3.05) is 13.2 Å². The minimum atomic E-state index is 0.128. The van der Waals surface area contributed by atoms with Crippen LogP contribution in [0.5, 0.6) is 5.75 Å². The Balaban J connectivity index is 2.49. The smallest absolute Gasteiger partial charge is 0.119 e. The molecule has 84 valence electrons. The van der Waals surface area contributed by atoms with E-state index in [9.17, 15) is 0 Å². The molecule has 0 fully saturated rings. The van der Waals surface area contributed by atoms with Crippen LogP contribution < -0.4 is 16.2 Å². The zero-order valence-electron chi connectivity index (χ0n) is 9.28. The lowest BCUT2D eigenvalue weighted by molar-refractivity contribution is 0.313. The van der Waals surface area contributed by atoms with E-state index in [0.717, 1.165) is 24.2 Å². The summed E-state index contributed by atoms with van der Waals surface area (Å²) in [5.74, 6) is 0.885. The Kier molecular flexibility index (Phi) is 5.15. The highest BCUT2D eigenvalue weighted by Crippen LogP contribution is 2.18. The number of ether oxygens (including phenoxy) is 1. The SMILES string of the molecule is CCC(N)c1ccc(OCCCN)cc1. The molecule has 0 aromatic heterocycles. The quantitative estimate of drug-likeness (QED) is 0.701. The van der Waals surface area contributed by atoms with E-state index in [-0.39, 0.29) is 6.04 Å². The Hall–Kier alpha value is -1.06. The summed E-state index contributed by atoms with van der Waals surface area (Å²) >= 11 is 0. The molecule has 0 spiro atoms. The van der Waals surface area contributed by atoms with Crippen LogP contribution in [0.2, 0.25) is 0 Å². The topological polar surface area (TPSA) is 61.3 Å². The van der Waals surface area contributed by atoms with Gasteiger partial charge in [-0.3, -0.25) is 0 Å². The Morgan fingerprint density at radius 3 is 2.47 bits per heavy atom. The van der Waals surface area contributed by atoms with E-state index in [1.807, 2.05) is 24.3 Å². The Labute approximate surface area is 91.4 Å². The van der Waals surface area contributed by atoms with Gasteiger partial charge in [0.05, 0.1) is 6.61 Å². The third-order valence-corrected chi connectivity index (χ3v) is 2.37. The largest absolute Gasteiger partial charge is 0.494 e. The molecule has 1 aromatic rings. The molecule has 3 nitrogen and oxygen atoms in total. The van der Waals surface area contributed by atoms with Crippen LogP contribution in [0.3, 0.4) is 0 Å². The van der Waals surface area contributed by atoms with Crippen LogP contribution in [-0.4, -0.2) is 13.2 Å². The molecule has 0 saturated heterocycles. The van der Waals surface area contributed by atoms with Crippen molar-refractivity contribution in [2.24, 2.45) is 11.5 Å². The predicted octanol–water partition coefficient (Wildman–Crippen LogP) is 1.82. The number of rotatable bonds is 6. The van der Waals surface area contributed by atoms with Gasteiger partial charge in [0.15, 0.2) is 0 Å². The average Bonchev–Trinajstić information content (AvgIpc) is 2.29. The maximum absolute atomic E-state index is 5.91. The summed E-state index contributed by atoms with van der Waals surface area (Å²) in [6.45, 7) is 3.42. The summed E-state index contributed by atoms with van der Waals surface area (Å²) in [5.41, 5.74) is 12.4. The molecule has 1 atom stereocenters. The van der Waals surface area contributed by atoms with Crippen LogP contribution in [0.25, 0.3) is 0 Å². The van der Waals surface area contributed by atoms with E-state index in [1.54, 1.807) is 0 Å². The fourth-order valence-electron chi connectivity index (χ4n) is 1.32. The molecule has 0 bridgehead atoms. The molecule has 15 heavy (non-hydrogen) atoms. The third-order valence-electron chi connectivity index (χ3n) is 2.37. The summed E-state index contributed by atoms with van der Waals surface area (Å²) in [4.78, 5) is 0. The van der Waals surface area contributed by atoms with Crippen LogP contribution in [0.15, 0.2) is 24.3 Å². The summed E-state index contributed by atoms with van der Waals surface area (Å²) in [7, 11) is 0. The fraction of sp³-hybridized carbons (Fsp3) is 0.500. The molecule has 1 rings (SSSR count). The van der Waals surface area contributed by atoms with Gasteiger partial charge in [-0.05, 0) is 37.1 Å². The van der Waals surface area contributed by atoms with Crippen molar-refractivity contribution in [3.63, 3.8) is 0 Å². The highest BCUT2D eigenvalue weighted by molar-refractivity contribution is 5.28. The highest BCUT2D eigenvalue weighted by Gasteiger charge is 2.02. The summed E-state index contributed by atoms with van der Waals surface area (Å²) in [6.07, 6.45) is 1.84. The van der Waals surface area contributed by atoms with Crippen LogP contribution in [0.1, 0.15) is 31.4 Å². The van der Waals surface area contributed by atoms with E-state index in [0.29, 0.717) is 13.2 Å². The van der Waals surface area contributed by atoms with Gasteiger partial charge in [0.1, 0.15) is 5.75 Å². The predicted molar refractivity (Wildman–Crippen MR) is 62.8 cm³/mol. The van der Waals surface area contributed by atoms with Crippen LogP contribution >= 0.6 is 0 Å². The first-order chi connectivity index (χ1) is 7.27. The van der Waals surface area contributed by atoms with Crippen molar-refractivity contribution in [1.29, 1.82) is 0 Å². The number of nitrogens with two attached hydrogens (primary N) is 2. The van der Waals surface area contributed by atoms with Crippen molar-refractivity contribution in [1.82, 2.24) is 0 Å². The standard InChI is InChI=1S/C12H20N2O/c1-2-12(14)10-4-6-11(7-5-10)15-9-3-8-13/h4-7,12H,2-3,8-9,13-14H2,1H3. The van der Waals surface area contributed by atoms with E-state index < -0.39 is 0 Å². The number of benzene rings is 1. The van der Waals surface area contributed by atoms with Gasteiger partial charge in [-0.25, -0.2) is 0 Å². The summed E-state index contributed by atoms with van der Waals surface area (Å²) in [6, 6.07) is 8.09. The minimum absolute atomic E-state index is 0.128. The van der Waals surface area contributed by atoms with Gasteiger partial charge in [-0.15, -0.1) is 0 Å². The first-order valence-electron chi connectivity index (χ1n) is 5.46. The molecule has 4 N–H and O–H groups in total. The summed E-state index contributed by atoms with van der Waals surface area (Å²) < 4.78 is 5.49. The lowest BCUT2D eigenvalue weighted by Crippen LogP contribution is -2.08. The Bertz CT molecular complexity index is 271. The van der Waals surface area contributed by atoms with Crippen LogP contribution in [0.4, 0.5) is 0 Å². The normalized spacial score (nSPS) is 12.5. The van der Waals surface area contributed by atoms with Crippen molar-refractivity contribution < 1.29 is 4.74 Å². The van der Waals surface area contributed by atoms with E-state index in [2.05, 4.69) is 6.92 Å². The average molecular weight is 208 g/mol. The lowest BCUT2D eigenvalue weighted by atomic mass is 10.1. The zero-order chi connectivity index (χ0) is 11.1. The monoisotopic (exact) mass is 208 g/mol. The van der Waals surface area contributed by atoms with E-state index in [4.69, 9.17) is 16.2 Å². The van der Waals surface area contributed by atoms with Gasteiger partial charge in [0.25, 0.3) is 0 Å². The third kappa shape index (κ3) is 3.90. The molecule has 0 saturated carbocycles. The molecule has 0 radical (unpaired) electrons. The Morgan fingerprint density at radius 1 is 1.27 bits per heavy atom. The molecule has 0 aliphatic rings. The van der Waals surface area contributed by atoms with Gasteiger partial charge >= 0.3 is 0 Å². The molecule has 3 heteroatoms. The molecule has 0 heterocycles. The van der Waals surface area contributed by atoms with E-state index in [1.165, 1.54) is 0 Å². The molecule has 0 aliphatic heterocycles. The molecule has 0 amide bonds. The van der Waals surface area contributed by atoms with Crippen molar-refractivity contribution >= 4 is 0 Å². The molecule has 0 aliphatic carbocycles. The second-order valence-electron chi connectivity index (χ2n) is 3.57. The van der Waals surface area contributed by atoms with Crippen LogP contribution in [0, 0.1) is 0 Å². The van der Waals surface area contributed by atoms with Gasteiger partial charge in [0.2, 0.25) is 0 Å². The summed E-state index contributed by atoms with van der Waals surface area (Å²) in [5, 5.41) is 0. The van der Waals surface area contributed by atoms with Crippen molar-refractivity contribution in [2.45, 2.75) is 25.8 Å². The molecule has 1 unspecified atom stereocenters. The zero-order valence-corrected chi connectivity index (χ0v) is 9.28. The Morgan fingerprint density at radius 2 is 1.93 bits per heavy atom. The first kappa shape index (κ1) is 12.0. The highest BCUT2D eigenvalue weighted by atomic mass is 16.5. The second kappa shape index (κ2) is 6.43. The molecular weight excluding hydrogens is 188 g/mol. The minimum Gasteiger partial charge on any atom is -0.494 e. The first-order valence-corrected chi connectivity index (χ1v) is 5.46. The van der Waals surface area contributed by atoms with Crippen LogP contribution in [-0.2, 0) is 0 Å². The maximum atomic E-state index is 5.91. The van der Waals surface area contributed by atoms with E-state index >= 15 is 0 Å². The number of hydrogen-bond acceptors (Lipinski definition) is 3. The number of hydrogen-bond donors (Lipinski definition) is 2. The lowest BCUT2D eigenvalue weighted by Gasteiger charge is -2.10. The second-order valence-corrected chi connectivity index (χ2v) is 3.57. The molecule has 1 aromatic carbocycles. The fourth-order valence-corrected chi connectivity index (χ4v) is 1.32. The van der Waals surface area contributed by atoms with Gasteiger partial charge < -0.3 is 16.2 Å². The molecular formula is C12H20N2O. The maximum Gasteiger partial charge on any atom is 0.119 e.